The molecule has 4 aromatic rings. The van der Waals surface area contributed by atoms with Crippen LogP contribution in [0.3, 0.4) is 0 Å². The number of aromatic nitrogens is 5. The van der Waals surface area contributed by atoms with Crippen LogP contribution in [0.2, 0.25) is 5.02 Å². The maximum absolute atomic E-state index is 13.0. The van der Waals surface area contributed by atoms with Gasteiger partial charge in [0, 0.05) is 28.5 Å². The normalized spacial score (nSPS) is 11.0. The summed E-state index contributed by atoms with van der Waals surface area (Å²) in [6.07, 6.45) is 0. The smallest absolute Gasteiger partial charge is 0.214 e. The first kappa shape index (κ1) is 20.4. The molecule has 30 heavy (non-hydrogen) atoms. The van der Waals surface area contributed by atoms with Gasteiger partial charge in [-0.25, -0.2) is 0 Å². The number of rotatable bonds is 7. The number of hydrogen-bond acceptors (Lipinski definition) is 5. The van der Waals surface area contributed by atoms with Crippen LogP contribution in [0, 0.1) is 13.8 Å². The lowest BCUT2D eigenvalue weighted by molar-refractivity contribution is 0.102. The number of carbonyl (C=O) groups excluding carboxylic acids is 1. The van der Waals surface area contributed by atoms with Gasteiger partial charge >= 0.3 is 0 Å². The summed E-state index contributed by atoms with van der Waals surface area (Å²) >= 11 is 7.64. The molecule has 0 N–H and O–H groups in total. The Labute approximate surface area is 183 Å². The van der Waals surface area contributed by atoms with Gasteiger partial charge in [0.2, 0.25) is 5.16 Å². The van der Waals surface area contributed by atoms with Crippen LogP contribution in [-0.2, 0) is 6.54 Å². The highest BCUT2D eigenvalue weighted by molar-refractivity contribution is 7.99. The van der Waals surface area contributed by atoms with Crippen molar-refractivity contribution >= 4 is 29.1 Å². The van der Waals surface area contributed by atoms with Crippen LogP contribution in [0.15, 0.2) is 65.8 Å². The van der Waals surface area contributed by atoms with Gasteiger partial charge in [0.25, 0.3) is 0 Å². The fourth-order valence-corrected chi connectivity index (χ4v) is 4.30. The molecular formula is C22H20ClN5OS. The molecule has 8 heteroatoms. The highest BCUT2D eigenvalue weighted by Crippen LogP contribution is 2.24. The number of hydrogen-bond donors (Lipinski definition) is 0. The van der Waals surface area contributed by atoms with Crippen LogP contribution in [0.25, 0.3) is 5.69 Å². The first-order valence-corrected chi connectivity index (χ1v) is 10.8. The van der Waals surface area contributed by atoms with Crippen LogP contribution < -0.4 is 0 Å². The van der Waals surface area contributed by atoms with E-state index < -0.39 is 0 Å². The van der Waals surface area contributed by atoms with Crippen LogP contribution >= 0.6 is 23.4 Å². The first-order chi connectivity index (χ1) is 14.5. The summed E-state index contributed by atoms with van der Waals surface area (Å²) in [6, 6.07) is 19.3. The van der Waals surface area contributed by atoms with Crippen molar-refractivity contribution in [1.29, 1.82) is 0 Å². The van der Waals surface area contributed by atoms with Gasteiger partial charge < -0.3 is 4.57 Å². The molecule has 0 radical (unpaired) electrons. The van der Waals surface area contributed by atoms with Crippen LogP contribution in [0.1, 0.15) is 27.3 Å². The molecule has 4 rings (SSSR count). The summed E-state index contributed by atoms with van der Waals surface area (Å²) in [5, 5.41) is 13.2. The van der Waals surface area contributed by atoms with E-state index in [0.717, 1.165) is 27.7 Å². The molecule has 2 aromatic carbocycles. The fourth-order valence-electron chi connectivity index (χ4n) is 3.33. The molecule has 0 fully saturated rings. The quantitative estimate of drug-likeness (QED) is 0.308. The number of carbonyl (C=O) groups is 1. The Morgan fingerprint density at radius 1 is 1.07 bits per heavy atom. The van der Waals surface area contributed by atoms with E-state index in [1.807, 2.05) is 74.5 Å². The van der Waals surface area contributed by atoms with Crippen molar-refractivity contribution in [1.82, 2.24) is 24.8 Å². The third-order valence-electron chi connectivity index (χ3n) is 4.93. The van der Waals surface area contributed by atoms with Crippen molar-refractivity contribution < 1.29 is 4.79 Å². The average molecular weight is 438 g/mol. The molecule has 2 heterocycles. The number of nitrogens with zero attached hydrogens (tertiary/aromatic N) is 5. The van der Waals surface area contributed by atoms with Crippen molar-refractivity contribution in [3.63, 3.8) is 0 Å². The molecule has 0 amide bonds. The monoisotopic (exact) mass is 437 g/mol. The Kier molecular flexibility index (Phi) is 6.01. The van der Waals surface area contributed by atoms with E-state index in [2.05, 4.69) is 20.1 Å². The number of benzene rings is 2. The number of ketones is 1. The second-order valence-electron chi connectivity index (χ2n) is 6.88. The molecule has 0 saturated heterocycles. The van der Waals surface area contributed by atoms with Crippen LogP contribution in [0.5, 0.6) is 0 Å². The molecule has 0 spiro atoms. The minimum atomic E-state index is 0.0427. The molecule has 0 aliphatic carbocycles. The molecular weight excluding hydrogens is 418 g/mol. The zero-order valence-electron chi connectivity index (χ0n) is 16.6. The third-order valence-corrected chi connectivity index (χ3v) is 6.22. The fraction of sp³-hybridized carbons (Fsp3) is 0.182. The van der Waals surface area contributed by atoms with Crippen molar-refractivity contribution in [3.05, 3.63) is 88.2 Å². The average Bonchev–Trinajstić information content (AvgIpc) is 3.34. The number of halogens is 1. The van der Waals surface area contributed by atoms with Gasteiger partial charge in [-0.15, -0.1) is 5.10 Å². The minimum absolute atomic E-state index is 0.0427. The summed E-state index contributed by atoms with van der Waals surface area (Å²) in [6.45, 7) is 4.60. The second-order valence-corrected chi connectivity index (χ2v) is 8.23. The van der Waals surface area contributed by atoms with Crippen molar-refractivity contribution in [2.45, 2.75) is 25.5 Å². The largest absolute Gasteiger partial charge is 0.344 e. The first-order valence-electron chi connectivity index (χ1n) is 9.44. The molecule has 0 saturated carbocycles. The number of para-hydroxylation sites is 1. The zero-order valence-corrected chi connectivity index (χ0v) is 18.2. The van der Waals surface area contributed by atoms with Gasteiger partial charge in [0.15, 0.2) is 5.78 Å². The highest BCUT2D eigenvalue weighted by Gasteiger charge is 2.18. The standard InChI is InChI=1S/C22H20ClN5OS/c1-15-12-19(16(2)27(15)13-17-8-6-7-11-20(17)23)21(29)14-30-22-24-25-26-28(22)18-9-4-3-5-10-18/h3-12H,13-14H2,1-2H3. The third kappa shape index (κ3) is 4.17. The van der Waals surface area contributed by atoms with Crippen molar-refractivity contribution in [3.8, 4) is 5.69 Å². The molecule has 0 aliphatic heterocycles. The second kappa shape index (κ2) is 8.85. The van der Waals surface area contributed by atoms with Gasteiger partial charge in [-0.2, -0.15) is 4.68 Å². The van der Waals surface area contributed by atoms with Gasteiger partial charge in [0.05, 0.1) is 11.4 Å². The molecule has 0 unspecified atom stereocenters. The predicted molar refractivity (Wildman–Crippen MR) is 119 cm³/mol. The molecule has 0 bridgehead atoms. The number of aryl methyl sites for hydroxylation is 1. The zero-order chi connectivity index (χ0) is 21.1. The summed E-state index contributed by atoms with van der Waals surface area (Å²) in [4.78, 5) is 13.0. The molecule has 6 nitrogen and oxygen atoms in total. The van der Waals surface area contributed by atoms with Gasteiger partial charge in [0.1, 0.15) is 0 Å². The van der Waals surface area contributed by atoms with E-state index in [1.165, 1.54) is 11.8 Å². The lowest BCUT2D eigenvalue weighted by Crippen LogP contribution is -2.08. The Hall–Kier alpha value is -2.90. The van der Waals surface area contributed by atoms with Crippen molar-refractivity contribution in [2.24, 2.45) is 0 Å². The van der Waals surface area contributed by atoms with E-state index in [4.69, 9.17) is 11.6 Å². The highest BCUT2D eigenvalue weighted by atomic mass is 35.5. The Bertz CT molecular complexity index is 1190. The van der Waals surface area contributed by atoms with E-state index >= 15 is 0 Å². The van der Waals surface area contributed by atoms with Crippen LogP contribution in [-0.4, -0.2) is 36.3 Å². The van der Waals surface area contributed by atoms with Crippen LogP contribution in [0.4, 0.5) is 0 Å². The van der Waals surface area contributed by atoms with E-state index in [9.17, 15) is 4.79 Å². The Balaban J connectivity index is 1.50. The predicted octanol–water partition coefficient (Wildman–Crippen LogP) is 4.76. The summed E-state index contributed by atoms with van der Waals surface area (Å²) in [5.41, 5.74) is 4.55. The summed E-state index contributed by atoms with van der Waals surface area (Å²) in [7, 11) is 0. The van der Waals surface area contributed by atoms with Crippen molar-refractivity contribution in [2.75, 3.05) is 5.75 Å². The summed E-state index contributed by atoms with van der Waals surface area (Å²) < 4.78 is 3.76. The molecule has 0 atom stereocenters. The maximum atomic E-state index is 13.0. The van der Waals surface area contributed by atoms with Gasteiger partial charge in [-0.3, -0.25) is 4.79 Å². The Morgan fingerprint density at radius 2 is 1.80 bits per heavy atom. The molecule has 0 aliphatic rings. The molecule has 152 valence electrons. The number of thioether (sulfide) groups is 1. The lowest BCUT2D eigenvalue weighted by Gasteiger charge is -2.11. The maximum Gasteiger partial charge on any atom is 0.214 e. The SMILES string of the molecule is Cc1cc(C(=O)CSc2nnnn2-c2ccccc2)c(C)n1Cc1ccccc1Cl. The molecule has 2 aromatic heterocycles. The van der Waals surface area contributed by atoms with Gasteiger partial charge in [-0.05, 0) is 54.1 Å². The summed E-state index contributed by atoms with van der Waals surface area (Å²) in [5.74, 6) is 0.296. The number of tetrazole rings is 1. The minimum Gasteiger partial charge on any atom is -0.344 e. The van der Waals surface area contributed by atoms with Gasteiger partial charge in [-0.1, -0.05) is 59.8 Å². The van der Waals surface area contributed by atoms with E-state index in [0.29, 0.717) is 17.3 Å². The Morgan fingerprint density at radius 3 is 2.57 bits per heavy atom. The topological polar surface area (TPSA) is 65.6 Å². The lowest BCUT2D eigenvalue weighted by atomic mass is 10.2. The van der Waals surface area contributed by atoms with E-state index in [-0.39, 0.29) is 11.5 Å². The number of Topliss-reactive ketones (excluding diaryl/α,β-unsaturated/α-hetero) is 1. The van der Waals surface area contributed by atoms with E-state index in [1.54, 1.807) is 4.68 Å².